The van der Waals surface area contributed by atoms with Gasteiger partial charge >= 0.3 is 11.9 Å². The van der Waals surface area contributed by atoms with E-state index < -0.39 is 25.2 Å². The first kappa shape index (κ1) is 31.8. The van der Waals surface area contributed by atoms with Crippen LogP contribution in [0.1, 0.15) is 76.3 Å². The number of carbonyl (C=O) groups excluding carboxylic acids is 2. The van der Waals surface area contributed by atoms with Gasteiger partial charge in [0.05, 0.1) is 37.6 Å². The third kappa shape index (κ3) is 10.4. The highest BCUT2D eigenvalue weighted by Crippen LogP contribution is 2.42. The van der Waals surface area contributed by atoms with E-state index in [-0.39, 0.29) is 36.2 Å². The zero-order valence-corrected chi connectivity index (χ0v) is 23.5. The summed E-state index contributed by atoms with van der Waals surface area (Å²) in [6, 6.07) is 9.12. The van der Waals surface area contributed by atoms with Crippen LogP contribution in [0, 0.1) is 23.7 Å². The van der Waals surface area contributed by atoms with Gasteiger partial charge in [0.1, 0.15) is 0 Å². The minimum absolute atomic E-state index is 0.000792. The monoisotopic (exact) mass is 528 g/mol. The average molecular weight is 529 g/mol. The van der Waals surface area contributed by atoms with Gasteiger partial charge < -0.3 is 19.7 Å². The van der Waals surface area contributed by atoms with Crippen molar-refractivity contribution in [1.29, 1.82) is 0 Å². The quantitative estimate of drug-likeness (QED) is 0.155. The topological polar surface area (TPSA) is 93.1 Å². The first-order chi connectivity index (χ1) is 18.3. The number of ether oxygens (including phenoxy) is 2. The van der Waals surface area contributed by atoms with Crippen LogP contribution in [0.3, 0.4) is 0 Å². The summed E-state index contributed by atoms with van der Waals surface area (Å²) in [6.45, 7) is 10.7. The number of rotatable bonds is 17. The molecule has 6 nitrogen and oxygen atoms in total. The van der Waals surface area contributed by atoms with Crippen LogP contribution in [0.5, 0.6) is 0 Å². The Morgan fingerprint density at radius 2 is 1.45 bits per heavy atom. The molecule has 2 N–H and O–H groups in total. The molecule has 0 heterocycles. The Morgan fingerprint density at radius 1 is 0.895 bits per heavy atom. The van der Waals surface area contributed by atoms with Crippen LogP contribution >= 0.6 is 0 Å². The number of esters is 2. The maximum atomic E-state index is 12.1. The van der Waals surface area contributed by atoms with Gasteiger partial charge in [0.2, 0.25) is 0 Å². The van der Waals surface area contributed by atoms with Crippen LogP contribution in [-0.2, 0) is 31.9 Å². The molecular formula is C32H48O6. The maximum absolute atomic E-state index is 12.1. The first-order valence-electron chi connectivity index (χ1n) is 14.3. The van der Waals surface area contributed by atoms with Crippen molar-refractivity contribution in [2.24, 2.45) is 23.7 Å². The third-order valence-corrected chi connectivity index (χ3v) is 8.03. The van der Waals surface area contributed by atoms with E-state index in [2.05, 4.69) is 51.3 Å². The molecule has 0 bridgehead atoms. The van der Waals surface area contributed by atoms with E-state index >= 15 is 0 Å². The molecule has 0 aromatic heterocycles. The van der Waals surface area contributed by atoms with Crippen LogP contribution in [0.2, 0.25) is 0 Å². The zero-order valence-electron chi connectivity index (χ0n) is 23.5. The summed E-state index contributed by atoms with van der Waals surface area (Å²) in [7, 11) is 0. The molecule has 6 heteroatoms. The summed E-state index contributed by atoms with van der Waals surface area (Å²) in [5, 5.41) is 18.4. The van der Waals surface area contributed by atoms with Gasteiger partial charge in [-0.2, -0.15) is 0 Å². The van der Waals surface area contributed by atoms with Gasteiger partial charge in [0, 0.05) is 5.92 Å². The largest absolute Gasteiger partial charge is 0.462 e. The second-order valence-corrected chi connectivity index (χ2v) is 10.8. The molecule has 1 fully saturated rings. The Labute approximate surface area is 229 Å². The molecule has 38 heavy (non-hydrogen) atoms. The van der Waals surface area contributed by atoms with Crippen molar-refractivity contribution in [3.05, 3.63) is 59.7 Å². The molecule has 1 saturated carbocycles. The molecule has 3 unspecified atom stereocenters. The molecule has 2 rings (SSSR count). The number of aliphatic hydroxyl groups excluding tert-OH is 2. The molecule has 1 aliphatic carbocycles. The predicted molar refractivity (Wildman–Crippen MR) is 150 cm³/mol. The molecule has 212 valence electrons. The van der Waals surface area contributed by atoms with Crippen molar-refractivity contribution in [3.63, 3.8) is 0 Å². The standard InChI is InChI=1S/C32H48O6/c1-5-7-8-9-25-10-12-26(13-11-25)14-15-27-16-17-30(28(6-2)18-27)29(21-37-31(35)23(3)19-33)22-38-32(36)24(4)20-34/h10-13,27-30,33-34H,3-9,14-22H2,1-2H3. The summed E-state index contributed by atoms with van der Waals surface area (Å²) < 4.78 is 10.9. The van der Waals surface area contributed by atoms with E-state index in [9.17, 15) is 19.8 Å². The Bertz CT molecular complexity index is 858. The lowest BCUT2D eigenvalue weighted by Gasteiger charge is -2.40. The maximum Gasteiger partial charge on any atom is 0.335 e. The van der Waals surface area contributed by atoms with Crippen molar-refractivity contribution in [3.8, 4) is 0 Å². The number of benzene rings is 1. The number of unbranched alkanes of at least 4 members (excludes halogenated alkanes) is 2. The zero-order chi connectivity index (χ0) is 27.9. The Kier molecular flexibility index (Phi) is 14.4. The van der Waals surface area contributed by atoms with E-state index in [1.807, 2.05) is 0 Å². The SMILES string of the molecule is C=C(CO)C(=O)OCC(COC(=O)C(=C)CO)C1CCC(CCc2ccc(CCCCC)cc2)CC1CC. The number of aliphatic hydroxyl groups is 2. The van der Waals surface area contributed by atoms with E-state index in [1.165, 1.54) is 30.4 Å². The fraction of sp³-hybridized carbons (Fsp3) is 0.625. The molecule has 1 aromatic rings. The Morgan fingerprint density at radius 3 is 1.95 bits per heavy atom. The molecule has 0 spiro atoms. The van der Waals surface area contributed by atoms with E-state index in [0.717, 1.165) is 44.9 Å². The Hall–Kier alpha value is -2.44. The third-order valence-electron chi connectivity index (χ3n) is 8.03. The summed E-state index contributed by atoms with van der Waals surface area (Å²) in [6.07, 6.45) is 11.3. The second kappa shape index (κ2) is 17.2. The van der Waals surface area contributed by atoms with Crippen molar-refractivity contribution < 1.29 is 29.3 Å². The lowest BCUT2D eigenvalue weighted by atomic mass is 9.67. The molecule has 0 amide bonds. The molecular weight excluding hydrogens is 480 g/mol. The number of aryl methyl sites for hydroxylation is 2. The summed E-state index contributed by atoms with van der Waals surface area (Å²) in [5.41, 5.74) is 2.81. The molecule has 0 aliphatic heterocycles. The first-order valence-corrected chi connectivity index (χ1v) is 14.3. The summed E-state index contributed by atoms with van der Waals surface area (Å²) in [4.78, 5) is 24.3. The van der Waals surface area contributed by atoms with Crippen molar-refractivity contribution in [2.75, 3.05) is 26.4 Å². The lowest BCUT2D eigenvalue weighted by Crippen LogP contribution is -2.36. The van der Waals surface area contributed by atoms with Crippen LogP contribution < -0.4 is 0 Å². The van der Waals surface area contributed by atoms with Gasteiger partial charge in [-0.15, -0.1) is 0 Å². The van der Waals surface area contributed by atoms with E-state index in [4.69, 9.17) is 9.47 Å². The number of hydrogen-bond acceptors (Lipinski definition) is 6. The van der Waals surface area contributed by atoms with Gasteiger partial charge in [0.25, 0.3) is 0 Å². The van der Waals surface area contributed by atoms with Crippen molar-refractivity contribution in [2.45, 2.75) is 78.1 Å². The molecule has 3 atom stereocenters. The van der Waals surface area contributed by atoms with Gasteiger partial charge in [-0.25, -0.2) is 9.59 Å². The minimum Gasteiger partial charge on any atom is -0.462 e. The number of carbonyl (C=O) groups is 2. The fourth-order valence-electron chi connectivity index (χ4n) is 5.55. The van der Waals surface area contributed by atoms with Crippen molar-refractivity contribution in [1.82, 2.24) is 0 Å². The molecule has 0 radical (unpaired) electrons. The molecule has 1 aromatic carbocycles. The normalized spacial score (nSPS) is 19.2. The van der Waals surface area contributed by atoms with Gasteiger partial charge in [-0.3, -0.25) is 0 Å². The van der Waals surface area contributed by atoms with Gasteiger partial charge in [-0.1, -0.05) is 77.0 Å². The highest BCUT2D eigenvalue weighted by molar-refractivity contribution is 5.88. The summed E-state index contributed by atoms with van der Waals surface area (Å²) >= 11 is 0. The second-order valence-electron chi connectivity index (χ2n) is 10.8. The van der Waals surface area contributed by atoms with Crippen LogP contribution in [0.15, 0.2) is 48.6 Å². The molecule has 0 saturated heterocycles. The smallest absolute Gasteiger partial charge is 0.335 e. The van der Waals surface area contributed by atoms with Crippen LogP contribution in [0.25, 0.3) is 0 Å². The minimum atomic E-state index is -0.637. The van der Waals surface area contributed by atoms with Crippen LogP contribution in [0.4, 0.5) is 0 Å². The fourth-order valence-corrected chi connectivity index (χ4v) is 5.55. The van der Waals surface area contributed by atoms with E-state index in [0.29, 0.717) is 11.8 Å². The predicted octanol–water partition coefficient (Wildman–Crippen LogP) is 5.59. The Balaban J connectivity index is 1.96. The highest BCUT2D eigenvalue weighted by atomic mass is 16.5. The molecule has 1 aliphatic rings. The van der Waals surface area contributed by atoms with Gasteiger partial charge in [-0.05, 0) is 67.4 Å². The van der Waals surface area contributed by atoms with Crippen molar-refractivity contribution >= 4 is 11.9 Å². The summed E-state index contributed by atoms with van der Waals surface area (Å²) in [5.74, 6) is -0.145. The highest BCUT2D eigenvalue weighted by Gasteiger charge is 2.36. The van der Waals surface area contributed by atoms with Crippen LogP contribution in [-0.4, -0.2) is 48.6 Å². The number of hydrogen-bond donors (Lipinski definition) is 2. The lowest BCUT2D eigenvalue weighted by molar-refractivity contribution is -0.147. The average Bonchev–Trinajstić information content (AvgIpc) is 2.95. The van der Waals surface area contributed by atoms with Gasteiger partial charge in [0.15, 0.2) is 0 Å². The van der Waals surface area contributed by atoms with E-state index in [1.54, 1.807) is 0 Å².